The van der Waals surface area contributed by atoms with Gasteiger partial charge in [-0.15, -0.1) is 0 Å². The summed E-state index contributed by atoms with van der Waals surface area (Å²) in [5.74, 6) is 1.64. The fraction of sp³-hybridized carbons (Fsp3) is 0.714. The smallest absolute Gasteiger partial charge is 0.224 e. The van der Waals surface area contributed by atoms with Crippen LogP contribution < -0.4 is 10.6 Å². The molecule has 0 amide bonds. The number of hydrogen-bond acceptors (Lipinski definition) is 4. The first-order valence-electron chi connectivity index (χ1n) is 6.99. The van der Waals surface area contributed by atoms with E-state index in [2.05, 4.69) is 34.4 Å². The number of aryl methyl sites for hydroxylation is 1. The molecule has 1 heterocycles. The van der Waals surface area contributed by atoms with Crippen LogP contribution in [0.15, 0.2) is 6.20 Å². The molecule has 0 bridgehead atoms. The topological polar surface area (TPSA) is 49.8 Å². The zero-order valence-electron chi connectivity index (χ0n) is 12.1. The number of hydrogen-bond donors (Lipinski definition) is 2. The second kappa shape index (κ2) is 7.90. The summed E-state index contributed by atoms with van der Waals surface area (Å²) in [6.07, 6.45) is 7.97. The molecule has 102 valence electrons. The number of nitrogens with zero attached hydrogens (tertiary/aromatic N) is 2. The lowest BCUT2D eigenvalue weighted by Gasteiger charge is -2.20. The molecule has 0 saturated carbocycles. The molecule has 4 nitrogen and oxygen atoms in total. The van der Waals surface area contributed by atoms with Gasteiger partial charge in [0.1, 0.15) is 5.82 Å². The molecule has 0 aliphatic carbocycles. The molecule has 18 heavy (non-hydrogen) atoms. The van der Waals surface area contributed by atoms with Crippen molar-refractivity contribution in [2.75, 3.05) is 17.7 Å². The van der Waals surface area contributed by atoms with Gasteiger partial charge in [-0.2, -0.15) is 4.98 Å². The Hall–Kier alpha value is -1.32. The second-order valence-corrected chi connectivity index (χ2v) is 4.75. The van der Waals surface area contributed by atoms with Crippen LogP contribution in [-0.4, -0.2) is 23.1 Å². The number of nitrogens with one attached hydrogen (secondary N) is 2. The van der Waals surface area contributed by atoms with E-state index in [9.17, 15) is 0 Å². The summed E-state index contributed by atoms with van der Waals surface area (Å²) < 4.78 is 0. The van der Waals surface area contributed by atoms with Gasteiger partial charge in [-0.1, -0.05) is 33.1 Å². The van der Waals surface area contributed by atoms with Gasteiger partial charge >= 0.3 is 0 Å². The molecule has 1 aromatic heterocycles. The van der Waals surface area contributed by atoms with Crippen LogP contribution in [0.25, 0.3) is 0 Å². The zero-order chi connectivity index (χ0) is 13.4. The highest BCUT2D eigenvalue weighted by Gasteiger charge is 2.10. The highest BCUT2D eigenvalue weighted by atomic mass is 15.1. The van der Waals surface area contributed by atoms with Crippen molar-refractivity contribution in [1.82, 2.24) is 9.97 Å². The van der Waals surface area contributed by atoms with Gasteiger partial charge in [-0.05, 0) is 19.8 Å². The van der Waals surface area contributed by atoms with Crippen molar-refractivity contribution in [2.45, 2.75) is 58.9 Å². The molecule has 1 unspecified atom stereocenters. The van der Waals surface area contributed by atoms with E-state index in [1.165, 1.54) is 32.1 Å². The maximum absolute atomic E-state index is 4.49. The van der Waals surface area contributed by atoms with E-state index in [0.717, 1.165) is 11.4 Å². The van der Waals surface area contributed by atoms with Crippen LogP contribution >= 0.6 is 0 Å². The minimum atomic E-state index is 0.522. The maximum Gasteiger partial charge on any atom is 0.224 e. The third kappa shape index (κ3) is 4.51. The number of rotatable bonds is 8. The quantitative estimate of drug-likeness (QED) is 0.740. The summed E-state index contributed by atoms with van der Waals surface area (Å²) >= 11 is 0. The molecule has 1 aromatic rings. The van der Waals surface area contributed by atoms with Crippen molar-refractivity contribution in [2.24, 2.45) is 0 Å². The Morgan fingerprint density at radius 3 is 2.61 bits per heavy atom. The van der Waals surface area contributed by atoms with Crippen molar-refractivity contribution in [3.63, 3.8) is 0 Å². The summed E-state index contributed by atoms with van der Waals surface area (Å²) in [6, 6.07) is 0.522. The van der Waals surface area contributed by atoms with Gasteiger partial charge in [0.15, 0.2) is 0 Å². The molecule has 0 aliphatic rings. The van der Waals surface area contributed by atoms with Crippen molar-refractivity contribution >= 4 is 11.8 Å². The Morgan fingerprint density at radius 1 is 1.22 bits per heavy atom. The van der Waals surface area contributed by atoms with Crippen molar-refractivity contribution in [3.8, 4) is 0 Å². The minimum absolute atomic E-state index is 0.522. The standard InChI is InChI=1S/C14H26N4/c1-5-7-9-12(8-6-2)17-13-11(3)10-16-14(15-4)18-13/h10,12H,5-9H2,1-4H3,(H2,15,16,17,18). The van der Waals surface area contributed by atoms with Crippen LogP contribution in [0.3, 0.4) is 0 Å². The molecular formula is C14H26N4. The summed E-state index contributed by atoms with van der Waals surface area (Å²) in [4.78, 5) is 8.70. The molecule has 0 spiro atoms. The molecule has 0 fully saturated rings. The normalized spacial score (nSPS) is 12.2. The predicted molar refractivity (Wildman–Crippen MR) is 78.2 cm³/mol. The number of anilines is 2. The summed E-state index contributed by atoms with van der Waals surface area (Å²) in [6.45, 7) is 6.51. The molecule has 0 saturated heterocycles. The van der Waals surface area contributed by atoms with Gasteiger partial charge in [-0.25, -0.2) is 4.98 Å². The van der Waals surface area contributed by atoms with Gasteiger partial charge < -0.3 is 10.6 Å². The summed E-state index contributed by atoms with van der Waals surface area (Å²) in [5, 5.41) is 6.55. The van der Waals surface area contributed by atoms with Gasteiger partial charge in [0, 0.05) is 24.8 Å². The average molecular weight is 250 g/mol. The van der Waals surface area contributed by atoms with Crippen molar-refractivity contribution in [1.29, 1.82) is 0 Å². The molecule has 2 N–H and O–H groups in total. The summed E-state index contributed by atoms with van der Waals surface area (Å²) in [7, 11) is 1.84. The second-order valence-electron chi connectivity index (χ2n) is 4.75. The monoisotopic (exact) mass is 250 g/mol. The Bertz CT molecular complexity index is 352. The largest absolute Gasteiger partial charge is 0.367 e. The van der Waals surface area contributed by atoms with Crippen LogP contribution in [0, 0.1) is 6.92 Å². The molecule has 1 rings (SSSR count). The van der Waals surface area contributed by atoms with E-state index in [1.54, 1.807) is 0 Å². The third-order valence-corrected chi connectivity index (χ3v) is 3.08. The van der Waals surface area contributed by atoms with Crippen molar-refractivity contribution < 1.29 is 0 Å². The van der Waals surface area contributed by atoms with Gasteiger partial charge in [0.2, 0.25) is 5.95 Å². The first kappa shape index (κ1) is 14.7. The van der Waals surface area contributed by atoms with E-state index >= 15 is 0 Å². The predicted octanol–water partition coefficient (Wildman–Crippen LogP) is 3.60. The highest BCUT2D eigenvalue weighted by Crippen LogP contribution is 2.17. The summed E-state index contributed by atoms with van der Waals surface area (Å²) in [5.41, 5.74) is 1.10. The van der Waals surface area contributed by atoms with Crippen LogP contribution in [-0.2, 0) is 0 Å². The molecule has 0 aromatic carbocycles. The maximum atomic E-state index is 4.49. The molecule has 4 heteroatoms. The molecule has 0 aliphatic heterocycles. The third-order valence-electron chi connectivity index (χ3n) is 3.08. The van der Waals surface area contributed by atoms with Crippen LogP contribution in [0.2, 0.25) is 0 Å². The highest BCUT2D eigenvalue weighted by molar-refractivity contribution is 5.46. The Balaban J connectivity index is 2.72. The lowest BCUT2D eigenvalue weighted by atomic mass is 10.1. The Morgan fingerprint density at radius 2 is 2.00 bits per heavy atom. The first-order chi connectivity index (χ1) is 8.71. The lowest BCUT2D eigenvalue weighted by Crippen LogP contribution is -2.21. The SMILES string of the molecule is CCCCC(CCC)Nc1nc(NC)ncc1C. The molecular weight excluding hydrogens is 224 g/mol. The van der Waals surface area contributed by atoms with Gasteiger partial charge in [0.05, 0.1) is 0 Å². The fourth-order valence-electron chi connectivity index (χ4n) is 1.99. The van der Waals surface area contributed by atoms with Crippen LogP contribution in [0.1, 0.15) is 51.5 Å². The Labute approximate surface area is 111 Å². The molecule has 0 radical (unpaired) electrons. The lowest BCUT2D eigenvalue weighted by molar-refractivity contribution is 0.562. The zero-order valence-corrected chi connectivity index (χ0v) is 12.1. The van der Waals surface area contributed by atoms with Gasteiger partial charge in [0.25, 0.3) is 0 Å². The molecule has 1 atom stereocenters. The van der Waals surface area contributed by atoms with E-state index in [0.29, 0.717) is 12.0 Å². The first-order valence-corrected chi connectivity index (χ1v) is 6.99. The van der Waals surface area contributed by atoms with Crippen LogP contribution in [0.5, 0.6) is 0 Å². The minimum Gasteiger partial charge on any atom is -0.367 e. The van der Waals surface area contributed by atoms with E-state index in [4.69, 9.17) is 0 Å². The van der Waals surface area contributed by atoms with E-state index in [1.807, 2.05) is 20.2 Å². The van der Waals surface area contributed by atoms with Gasteiger partial charge in [-0.3, -0.25) is 0 Å². The number of unbranched alkanes of at least 4 members (excludes halogenated alkanes) is 1. The van der Waals surface area contributed by atoms with Crippen LogP contribution in [0.4, 0.5) is 11.8 Å². The van der Waals surface area contributed by atoms with E-state index < -0.39 is 0 Å². The number of aromatic nitrogens is 2. The van der Waals surface area contributed by atoms with E-state index in [-0.39, 0.29) is 0 Å². The van der Waals surface area contributed by atoms with Crippen molar-refractivity contribution in [3.05, 3.63) is 11.8 Å². The average Bonchev–Trinajstić information content (AvgIpc) is 2.38. The fourth-order valence-corrected chi connectivity index (χ4v) is 1.99. The Kier molecular flexibility index (Phi) is 6.47.